The van der Waals surface area contributed by atoms with Crippen LogP contribution < -0.4 is 5.73 Å². The van der Waals surface area contributed by atoms with E-state index in [2.05, 4.69) is 0 Å². The molecule has 0 aliphatic heterocycles. The fourth-order valence-electron chi connectivity index (χ4n) is 1.85. The molecule has 2 aromatic rings. The van der Waals surface area contributed by atoms with E-state index in [1.54, 1.807) is 0 Å². The molecule has 0 fully saturated rings. The number of halogens is 2. The lowest BCUT2D eigenvalue weighted by Crippen LogP contribution is -2.05. The average molecular weight is 280 g/mol. The van der Waals surface area contributed by atoms with Crippen molar-refractivity contribution in [3.8, 4) is 11.1 Å². The third-order valence-electron chi connectivity index (χ3n) is 3.00. The third-order valence-corrected chi connectivity index (χ3v) is 3.73. The molecule has 0 saturated heterocycles. The molecule has 0 radical (unpaired) electrons. The highest BCUT2D eigenvalue weighted by atomic mass is 35.5. The Morgan fingerprint density at radius 2 is 1.50 bits per heavy atom. The number of nitrogens with two attached hydrogens (primary N) is 1. The molecule has 0 spiro atoms. The average Bonchev–Trinajstić information content (AvgIpc) is 2.32. The van der Waals surface area contributed by atoms with Crippen LogP contribution in [0.1, 0.15) is 24.1 Å². The molecule has 0 bridgehead atoms. The van der Waals surface area contributed by atoms with Crippen LogP contribution in [-0.4, -0.2) is 0 Å². The van der Waals surface area contributed by atoms with Gasteiger partial charge in [0.25, 0.3) is 0 Å². The van der Waals surface area contributed by atoms with Crippen molar-refractivity contribution in [3.63, 3.8) is 0 Å². The van der Waals surface area contributed by atoms with E-state index in [9.17, 15) is 0 Å². The smallest absolute Gasteiger partial charge is 0.0459 e. The lowest BCUT2D eigenvalue weighted by Gasteiger charge is -2.11. The Balaban J connectivity index is 2.45. The molecule has 0 aliphatic rings. The van der Waals surface area contributed by atoms with Gasteiger partial charge in [0.05, 0.1) is 0 Å². The van der Waals surface area contributed by atoms with Crippen molar-refractivity contribution in [2.45, 2.75) is 19.9 Å². The van der Waals surface area contributed by atoms with Gasteiger partial charge in [-0.1, -0.05) is 47.5 Å². The Morgan fingerprint density at radius 1 is 0.944 bits per heavy atom. The van der Waals surface area contributed by atoms with E-state index in [4.69, 9.17) is 28.9 Å². The van der Waals surface area contributed by atoms with E-state index in [0.29, 0.717) is 5.02 Å². The summed E-state index contributed by atoms with van der Waals surface area (Å²) in [7, 11) is 0. The number of benzene rings is 2. The van der Waals surface area contributed by atoms with Crippen LogP contribution in [0, 0.1) is 6.92 Å². The molecule has 2 aromatic carbocycles. The highest BCUT2D eigenvalue weighted by Gasteiger charge is 2.07. The largest absolute Gasteiger partial charge is 0.324 e. The second-order valence-corrected chi connectivity index (χ2v) is 5.30. The Hall–Kier alpha value is -1.02. The topological polar surface area (TPSA) is 26.0 Å². The molecule has 18 heavy (non-hydrogen) atoms. The van der Waals surface area contributed by atoms with Crippen LogP contribution in [0.2, 0.25) is 10.0 Å². The van der Waals surface area contributed by atoms with Gasteiger partial charge in [0, 0.05) is 16.1 Å². The number of rotatable bonds is 2. The van der Waals surface area contributed by atoms with E-state index in [-0.39, 0.29) is 6.04 Å². The lowest BCUT2D eigenvalue weighted by molar-refractivity contribution is 0.819. The van der Waals surface area contributed by atoms with Gasteiger partial charge in [0.2, 0.25) is 0 Å². The van der Waals surface area contributed by atoms with Gasteiger partial charge in [-0.3, -0.25) is 0 Å². The van der Waals surface area contributed by atoms with Crippen LogP contribution in [0.25, 0.3) is 11.1 Å². The summed E-state index contributed by atoms with van der Waals surface area (Å²) in [6, 6.07) is 11.9. The van der Waals surface area contributed by atoms with Gasteiger partial charge in [-0.2, -0.15) is 0 Å². The number of hydrogen-bond donors (Lipinski definition) is 1. The molecule has 0 aromatic heterocycles. The van der Waals surface area contributed by atoms with Gasteiger partial charge in [-0.15, -0.1) is 0 Å². The minimum Gasteiger partial charge on any atom is -0.324 e. The summed E-state index contributed by atoms with van der Waals surface area (Å²) in [4.78, 5) is 0. The summed E-state index contributed by atoms with van der Waals surface area (Å²) in [5.74, 6) is 0. The van der Waals surface area contributed by atoms with E-state index in [1.165, 1.54) is 0 Å². The zero-order valence-electron chi connectivity index (χ0n) is 10.4. The SMILES string of the molecule is Cc1ccc(-c2ccc(C(C)N)c(Cl)c2)cc1Cl. The fraction of sp³-hybridized carbons (Fsp3) is 0.200. The summed E-state index contributed by atoms with van der Waals surface area (Å²) in [5.41, 5.74) is 9.97. The molecular formula is C15H15Cl2N. The van der Waals surface area contributed by atoms with Gasteiger partial charge in [-0.05, 0) is 48.2 Å². The molecule has 2 rings (SSSR count). The lowest BCUT2D eigenvalue weighted by atomic mass is 10.0. The summed E-state index contributed by atoms with van der Waals surface area (Å²) in [6.45, 7) is 3.90. The van der Waals surface area contributed by atoms with Crippen LogP contribution >= 0.6 is 23.2 Å². The van der Waals surface area contributed by atoms with Crippen LogP contribution in [-0.2, 0) is 0 Å². The van der Waals surface area contributed by atoms with Crippen molar-refractivity contribution in [3.05, 3.63) is 57.6 Å². The van der Waals surface area contributed by atoms with Gasteiger partial charge in [0.1, 0.15) is 0 Å². The maximum absolute atomic E-state index is 6.23. The molecule has 0 amide bonds. The zero-order valence-corrected chi connectivity index (χ0v) is 11.9. The van der Waals surface area contributed by atoms with Crippen LogP contribution in [0.3, 0.4) is 0 Å². The third kappa shape index (κ3) is 2.69. The van der Waals surface area contributed by atoms with Crippen molar-refractivity contribution < 1.29 is 0 Å². The van der Waals surface area contributed by atoms with E-state index in [0.717, 1.165) is 27.3 Å². The molecule has 3 heteroatoms. The van der Waals surface area contributed by atoms with Crippen molar-refractivity contribution in [2.75, 3.05) is 0 Å². The highest BCUT2D eigenvalue weighted by molar-refractivity contribution is 6.32. The van der Waals surface area contributed by atoms with Gasteiger partial charge >= 0.3 is 0 Å². The maximum atomic E-state index is 6.23. The fourth-order valence-corrected chi connectivity index (χ4v) is 2.38. The Kier molecular flexibility index (Phi) is 3.96. The first-order valence-corrected chi connectivity index (χ1v) is 6.56. The Bertz CT molecular complexity index is 577. The molecule has 1 unspecified atom stereocenters. The van der Waals surface area contributed by atoms with Gasteiger partial charge in [0.15, 0.2) is 0 Å². The molecule has 0 saturated carbocycles. The van der Waals surface area contributed by atoms with E-state index >= 15 is 0 Å². The first-order valence-electron chi connectivity index (χ1n) is 5.80. The number of aryl methyl sites for hydroxylation is 1. The van der Waals surface area contributed by atoms with Crippen molar-refractivity contribution >= 4 is 23.2 Å². The summed E-state index contributed by atoms with van der Waals surface area (Å²) in [6.07, 6.45) is 0. The zero-order chi connectivity index (χ0) is 13.3. The standard InChI is InChI=1S/C15H15Cl2N/c1-9-3-4-11(7-14(9)16)12-5-6-13(10(2)18)15(17)8-12/h3-8,10H,18H2,1-2H3. The predicted octanol–water partition coefficient (Wildman–Crippen LogP) is 4.99. The van der Waals surface area contributed by atoms with Crippen LogP contribution in [0.15, 0.2) is 36.4 Å². The highest BCUT2D eigenvalue weighted by Crippen LogP contribution is 2.30. The van der Waals surface area contributed by atoms with Crippen molar-refractivity contribution in [1.29, 1.82) is 0 Å². The quantitative estimate of drug-likeness (QED) is 0.824. The maximum Gasteiger partial charge on any atom is 0.0459 e. The van der Waals surface area contributed by atoms with E-state index in [1.807, 2.05) is 50.2 Å². The monoisotopic (exact) mass is 279 g/mol. The molecule has 2 N–H and O–H groups in total. The van der Waals surface area contributed by atoms with E-state index < -0.39 is 0 Å². The second kappa shape index (κ2) is 5.31. The minimum atomic E-state index is -0.0619. The molecular weight excluding hydrogens is 265 g/mol. The summed E-state index contributed by atoms with van der Waals surface area (Å²) < 4.78 is 0. The van der Waals surface area contributed by atoms with Gasteiger partial charge < -0.3 is 5.73 Å². The summed E-state index contributed by atoms with van der Waals surface area (Å²) in [5, 5.41) is 1.46. The normalized spacial score (nSPS) is 12.5. The second-order valence-electron chi connectivity index (χ2n) is 4.49. The molecule has 0 heterocycles. The first-order chi connectivity index (χ1) is 8.49. The summed E-state index contributed by atoms with van der Waals surface area (Å²) >= 11 is 12.4. The molecule has 0 aliphatic carbocycles. The molecule has 1 atom stereocenters. The minimum absolute atomic E-state index is 0.0619. The van der Waals surface area contributed by atoms with Crippen molar-refractivity contribution in [2.24, 2.45) is 5.73 Å². The van der Waals surface area contributed by atoms with Crippen LogP contribution in [0.5, 0.6) is 0 Å². The number of hydrogen-bond acceptors (Lipinski definition) is 1. The predicted molar refractivity (Wildman–Crippen MR) is 79.2 cm³/mol. The van der Waals surface area contributed by atoms with Crippen LogP contribution in [0.4, 0.5) is 0 Å². The Labute approximate surface area is 118 Å². The first kappa shape index (κ1) is 13.4. The van der Waals surface area contributed by atoms with Crippen molar-refractivity contribution in [1.82, 2.24) is 0 Å². The Morgan fingerprint density at radius 3 is 2.00 bits per heavy atom. The molecule has 94 valence electrons. The molecule has 1 nitrogen and oxygen atoms in total. The van der Waals surface area contributed by atoms with Gasteiger partial charge in [-0.25, -0.2) is 0 Å².